The molecule has 0 saturated heterocycles. The van der Waals surface area contributed by atoms with Crippen LogP contribution in [-0.2, 0) is 9.59 Å². The number of amides is 3. The third-order valence-corrected chi connectivity index (χ3v) is 4.96. The van der Waals surface area contributed by atoms with E-state index in [-0.39, 0.29) is 16.8 Å². The number of carbonyl (C=O) groups excluding carboxylic acids is 3. The highest BCUT2D eigenvalue weighted by molar-refractivity contribution is 6.31. The maximum Gasteiger partial charge on any atom is 0.269 e. The first kappa shape index (κ1) is 21.4. The molecule has 0 bridgehead atoms. The van der Waals surface area contributed by atoms with Gasteiger partial charge in [0, 0.05) is 24.2 Å². The highest BCUT2D eigenvalue weighted by atomic mass is 35.5. The first-order chi connectivity index (χ1) is 14.2. The quantitative estimate of drug-likeness (QED) is 0.520. The molecule has 1 aliphatic carbocycles. The van der Waals surface area contributed by atoms with E-state index in [1.54, 1.807) is 12.1 Å². The van der Waals surface area contributed by atoms with E-state index in [1.165, 1.54) is 24.1 Å². The van der Waals surface area contributed by atoms with Gasteiger partial charge in [-0.3, -0.25) is 14.4 Å². The number of nitrogens with two attached hydrogens (primary N) is 1. The molecular formula is C21H20ClFN4O3. The number of aromatic nitrogens is 1. The smallest absolute Gasteiger partial charge is 0.269 e. The van der Waals surface area contributed by atoms with Crippen molar-refractivity contribution in [3.63, 3.8) is 0 Å². The van der Waals surface area contributed by atoms with Crippen LogP contribution < -0.4 is 11.1 Å². The summed E-state index contributed by atoms with van der Waals surface area (Å²) in [5, 5.41) is 2.65. The predicted octanol–water partition coefficient (Wildman–Crippen LogP) is 2.60. The van der Waals surface area contributed by atoms with E-state index in [0.29, 0.717) is 16.7 Å². The van der Waals surface area contributed by atoms with Crippen molar-refractivity contribution in [3.05, 3.63) is 65.2 Å². The van der Waals surface area contributed by atoms with Crippen LogP contribution in [0.4, 0.5) is 4.39 Å². The molecule has 1 aromatic heterocycles. The lowest BCUT2D eigenvalue weighted by atomic mass is 9.97. The molecule has 0 unspecified atom stereocenters. The molecule has 1 atom stereocenters. The standard InChI is InChI=1S/C21H20ClFN4O3/c1-3-18(28)27(15-4-5-15)19(20(24)29)13-6-11(7-14(22)8-13)12-9-16(21(30)25-2)26-17(23)10-12/h3,6-10,15,19H,1,4-5H2,2H3,(H2,24,29)(H,25,30)/t19-/m0/s1. The minimum absolute atomic E-state index is 0.109. The number of nitrogens with zero attached hydrogens (tertiary/aromatic N) is 2. The first-order valence-electron chi connectivity index (χ1n) is 9.19. The lowest BCUT2D eigenvalue weighted by Gasteiger charge is -2.29. The van der Waals surface area contributed by atoms with Gasteiger partial charge >= 0.3 is 0 Å². The summed E-state index contributed by atoms with van der Waals surface area (Å²) in [4.78, 5) is 41.6. The Kier molecular flexibility index (Phi) is 6.17. The van der Waals surface area contributed by atoms with Crippen molar-refractivity contribution in [2.45, 2.75) is 24.9 Å². The summed E-state index contributed by atoms with van der Waals surface area (Å²) >= 11 is 6.27. The molecule has 0 spiro atoms. The van der Waals surface area contributed by atoms with Crippen LogP contribution in [0.5, 0.6) is 0 Å². The van der Waals surface area contributed by atoms with Gasteiger partial charge in [0.25, 0.3) is 5.91 Å². The number of hydrogen-bond donors (Lipinski definition) is 2. The average Bonchev–Trinajstić information content (AvgIpc) is 3.54. The van der Waals surface area contributed by atoms with Crippen LogP contribution in [0, 0.1) is 5.95 Å². The topological polar surface area (TPSA) is 105 Å². The molecule has 0 aliphatic heterocycles. The maximum absolute atomic E-state index is 14.0. The Morgan fingerprint density at radius 3 is 2.50 bits per heavy atom. The Morgan fingerprint density at radius 1 is 1.27 bits per heavy atom. The summed E-state index contributed by atoms with van der Waals surface area (Å²) in [5.74, 6) is -2.54. The monoisotopic (exact) mass is 430 g/mol. The van der Waals surface area contributed by atoms with Crippen LogP contribution in [0.25, 0.3) is 11.1 Å². The fourth-order valence-electron chi connectivity index (χ4n) is 3.28. The third-order valence-electron chi connectivity index (χ3n) is 4.74. The van der Waals surface area contributed by atoms with Gasteiger partial charge in [-0.1, -0.05) is 18.2 Å². The minimum Gasteiger partial charge on any atom is -0.368 e. The second-order valence-electron chi connectivity index (χ2n) is 6.90. The van der Waals surface area contributed by atoms with E-state index in [2.05, 4.69) is 16.9 Å². The van der Waals surface area contributed by atoms with Crippen LogP contribution >= 0.6 is 11.6 Å². The summed E-state index contributed by atoms with van der Waals surface area (Å²) in [6.07, 6.45) is 2.64. The molecule has 2 aromatic rings. The number of benzene rings is 1. The van der Waals surface area contributed by atoms with Gasteiger partial charge < -0.3 is 16.0 Å². The summed E-state index contributed by atoms with van der Waals surface area (Å²) in [5.41, 5.74) is 6.69. The number of rotatable bonds is 7. The van der Waals surface area contributed by atoms with Crippen molar-refractivity contribution in [1.82, 2.24) is 15.2 Å². The summed E-state index contributed by atoms with van der Waals surface area (Å²) in [6.45, 7) is 3.50. The molecular weight excluding hydrogens is 411 g/mol. The van der Waals surface area contributed by atoms with Gasteiger partial charge in [-0.2, -0.15) is 4.39 Å². The second-order valence-corrected chi connectivity index (χ2v) is 7.34. The first-order valence-corrected chi connectivity index (χ1v) is 9.57. The largest absolute Gasteiger partial charge is 0.368 e. The zero-order chi connectivity index (χ0) is 22.0. The molecule has 1 fully saturated rings. The summed E-state index contributed by atoms with van der Waals surface area (Å²) in [7, 11) is 1.41. The molecule has 1 heterocycles. The van der Waals surface area contributed by atoms with Crippen LogP contribution in [0.3, 0.4) is 0 Å². The van der Waals surface area contributed by atoms with Gasteiger partial charge in [0.05, 0.1) is 0 Å². The zero-order valence-corrected chi connectivity index (χ0v) is 16.9. The van der Waals surface area contributed by atoms with Crippen molar-refractivity contribution in [1.29, 1.82) is 0 Å². The normalized spacial score (nSPS) is 14.0. The molecule has 0 radical (unpaired) electrons. The number of nitrogens with one attached hydrogen (secondary N) is 1. The van der Waals surface area contributed by atoms with Crippen molar-refractivity contribution < 1.29 is 18.8 Å². The molecule has 7 nitrogen and oxygen atoms in total. The molecule has 30 heavy (non-hydrogen) atoms. The molecule has 3 rings (SSSR count). The Morgan fingerprint density at radius 2 is 1.93 bits per heavy atom. The highest BCUT2D eigenvalue weighted by Gasteiger charge is 2.39. The molecule has 1 saturated carbocycles. The van der Waals surface area contributed by atoms with Crippen LogP contribution in [-0.4, -0.2) is 40.7 Å². The van der Waals surface area contributed by atoms with Gasteiger partial charge in [0.2, 0.25) is 17.8 Å². The van der Waals surface area contributed by atoms with Gasteiger partial charge in [0.1, 0.15) is 11.7 Å². The Bertz CT molecular complexity index is 1040. The van der Waals surface area contributed by atoms with Gasteiger partial charge in [0.15, 0.2) is 0 Å². The Balaban J connectivity index is 2.11. The molecule has 3 N–H and O–H groups in total. The number of hydrogen-bond acceptors (Lipinski definition) is 4. The number of pyridine rings is 1. The van der Waals surface area contributed by atoms with E-state index in [4.69, 9.17) is 17.3 Å². The molecule has 9 heteroatoms. The maximum atomic E-state index is 14.0. The van der Waals surface area contributed by atoms with E-state index >= 15 is 0 Å². The minimum atomic E-state index is -1.06. The van der Waals surface area contributed by atoms with Crippen molar-refractivity contribution >= 4 is 29.3 Å². The SMILES string of the molecule is C=CC(=O)N(C1CC1)[C@H](C(N)=O)c1cc(Cl)cc(-c2cc(F)nc(C(=O)NC)c2)c1. The number of primary amides is 1. The zero-order valence-electron chi connectivity index (χ0n) is 16.2. The highest BCUT2D eigenvalue weighted by Crippen LogP contribution is 2.37. The second kappa shape index (κ2) is 8.62. The van der Waals surface area contributed by atoms with Crippen molar-refractivity contribution in [2.24, 2.45) is 5.73 Å². The molecule has 3 amide bonds. The molecule has 156 valence electrons. The summed E-state index contributed by atoms with van der Waals surface area (Å²) < 4.78 is 14.0. The van der Waals surface area contributed by atoms with E-state index in [1.807, 2.05) is 0 Å². The lowest BCUT2D eigenvalue weighted by molar-refractivity contribution is -0.136. The summed E-state index contributed by atoms with van der Waals surface area (Å²) in [6, 6.07) is 6.05. The fraction of sp³-hybridized carbons (Fsp3) is 0.238. The molecule has 1 aliphatic rings. The molecule has 1 aromatic carbocycles. The third kappa shape index (κ3) is 4.49. The van der Waals surface area contributed by atoms with E-state index < -0.39 is 29.7 Å². The van der Waals surface area contributed by atoms with Crippen LogP contribution in [0.2, 0.25) is 5.02 Å². The van der Waals surface area contributed by atoms with Crippen molar-refractivity contribution in [3.8, 4) is 11.1 Å². The van der Waals surface area contributed by atoms with E-state index in [9.17, 15) is 18.8 Å². The van der Waals surface area contributed by atoms with Crippen LogP contribution in [0.15, 0.2) is 43.0 Å². The van der Waals surface area contributed by atoms with Gasteiger partial charge in [-0.25, -0.2) is 4.98 Å². The van der Waals surface area contributed by atoms with Gasteiger partial charge in [-0.05, 0) is 59.9 Å². The Hall–Kier alpha value is -3.26. The Labute approximate surface area is 177 Å². The number of carbonyl (C=O) groups is 3. The van der Waals surface area contributed by atoms with Crippen molar-refractivity contribution in [2.75, 3.05) is 7.05 Å². The lowest BCUT2D eigenvalue weighted by Crippen LogP contribution is -2.42. The van der Waals surface area contributed by atoms with Crippen LogP contribution in [0.1, 0.15) is 34.9 Å². The predicted molar refractivity (Wildman–Crippen MR) is 110 cm³/mol. The fourth-order valence-corrected chi connectivity index (χ4v) is 3.53. The average molecular weight is 431 g/mol. The number of halogens is 2. The van der Waals surface area contributed by atoms with Gasteiger partial charge in [-0.15, -0.1) is 0 Å². The van der Waals surface area contributed by atoms with E-state index in [0.717, 1.165) is 25.0 Å².